The van der Waals surface area contributed by atoms with Gasteiger partial charge < -0.3 is 15.0 Å². The van der Waals surface area contributed by atoms with Crippen LogP contribution in [0.5, 0.6) is 0 Å². The van der Waals surface area contributed by atoms with E-state index in [9.17, 15) is 4.79 Å². The molecule has 2 rings (SSSR count). The van der Waals surface area contributed by atoms with Gasteiger partial charge in [0.15, 0.2) is 0 Å². The maximum absolute atomic E-state index is 11.7. The van der Waals surface area contributed by atoms with Crippen molar-refractivity contribution >= 4 is 11.7 Å². The summed E-state index contributed by atoms with van der Waals surface area (Å²) in [5, 5.41) is 2.94. The van der Waals surface area contributed by atoms with Crippen molar-refractivity contribution in [1.82, 2.24) is 10.3 Å². The minimum absolute atomic E-state index is 0.0654. The molecule has 1 aromatic heterocycles. The summed E-state index contributed by atoms with van der Waals surface area (Å²) in [4.78, 5) is 18.4. The molecule has 0 bridgehead atoms. The standard InChI is InChI=1S/C15H23N3O2/c1-3-12(2)15(19)17-11-13-4-5-14(16-10-13)18-6-8-20-9-7-18/h4-5,10,12H,3,6-9,11H2,1-2H3,(H,17,19). The Morgan fingerprint density at radius 2 is 2.20 bits per heavy atom. The van der Waals surface area contributed by atoms with Crippen molar-refractivity contribution in [2.24, 2.45) is 5.92 Å². The van der Waals surface area contributed by atoms with Gasteiger partial charge in [-0.1, -0.05) is 19.9 Å². The minimum Gasteiger partial charge on any atom is -0.378 e. The highest BCUT2D eigenvalue weighted by atomic mass is 16.5. The molecule has 0 radical (unpaired) electrons. The second-order valence-electron chi connectivity index (χ2n) is 5.15. The average molecular weight is 277 g/mol. The molecule has 1 fully saturated rings. The molecule has 1 aliphatic rings. The lowest BCUT2D eigenvalue weighted by molar-refractivity contribution is -0.124. The summed E-state index contributed by atoms with van der Waals surface area (Å²) in [6.07, 6.45) is 2.70. The summed E-state index contributed by atoms with van der Waals surface area (Å²) in [5.74, 6) is 1.14. The van der Waals surface area contributed by atoms with Crippen LogP contribution in [0, 0.1) is 5.92 Å². The summed E-state index contributed by atoms with van der Waals surface area (Å²) in [5.41, 5.74) is 1.03. The van der Waals surface area contributed by atoms with Gasteiger partial charge in [0.25, 0.3) is 0 Å². The summed E-state index contributed by atoms with van der Waals surface area (Å²) >= 11 is 0. The molecule has 20 heavy (non-hydrogen) atoms. The Hall–Kier alpha value is -1.62. The normalized spacial score (nSPS) is 16.8. The first-order valence-electron chi connectivity index (χ1n) is 7.26. The Bertz CT molecular complexity index is 427. The van der Waals surface area contributed by atoms with Crippen LogP contribution >= 0.6 is 0 Å². The van der Waals surface area contributed by atoms with E-state index in [2.05, 4.69) is 15.2 Å². The van der Waals surface area contributed by atoms with E-state index in [1.807, 2.05) is 32.2 Å². The smallest absolute Gasteiger partial charge is 0.223 e. The summed E-state index contributed by atoms with van der Waals surface area (Å²) in [7, 11) is 0. The zero-order valence-electron chi connectivity index (χ0n) is 12.3. The molecule has 5 heteroatoms. The molecule has 0 saturated carbocycles. The van der Waals surface area contributed by atoms with E-state index in [0.717, 1.165) is 44.1 Å². The zero-order valence-corrected chi connectivity index (χ0v) is 12.3. The number of pyridine rings is 1. The second kappa shape index (κ2) is 7.24. The van der Waals surface area contributed by atoms with Gasteiger partial charge in [0, 0.05) is 31.7 Å². The van der Waals surface area contributed by atoms with Crippen molar-refractivity contribution in [3.63, 3.8) is 0 Å². The Balaban J connectivity index is 1.86. The van der Waals surface area contributed by atoms with E-state index in [1.54, 1.807) is 0 Å². The topological polar surface area (TPSA) is 54.5 Å². The summed E-state index contributed by atoms with van der Waals surface area (Å²) in [6.45, 7) is 7.79. The van der Waals surface area contributed by atoms with Gasteiger partial charge in [0.2, 0.25) is 5.91 Å². The van der Waals surface area contributed by atoms with Crippen LogP contribution in [0.4, 0.5) is 5.82 Å². The van der Waals surface area contributed by atoms with Crippen molar-refractivity contribution in [3.05, 3.63) is 23.9 Å². The number of nitrogens with one attached hydrogen (secondary N) is 1. The number of anilines is 1. The number of rotatable bonds is 5. The van der Waals surface area contributed by atoms with Crippen LogP contribution in [-0.2, 0) is 16.1 Å². The molecule has 2 heterocycles. The number of ether oxygens (including phenoxy) is 1. The lowest BCUT2D eigenvalue weighted by Gasteiger charge is -2.27. The van der Waals surface area contributed by atoms with Gasteiger partial charge in [0.05, 0.1) is 13.2 Å². The fourth-order valence-corrected chi connectivity index (χ4v) is 2.05. The van der Waals surface area contributed by atoms with Gasteiger partial charge in [-0.05, 0) is 18.1 Å². The predicted molar refractivity (Wildman–Crippen MR) is 78.6 cm³/mol. The quantitative estimate of drug-likeness (QED) is 0.888. The van der Waals surface area contributed by atoms with Crippen LogP contribution in [-0.4, -0.2) is 37.2 Å². The fourth-order valence-electron chi connectivity index (χ4n) is 2.05. The molecule has 1 N–H and O–H groups in total. The third-order valence-corrected chi connectivity index (χ3v) is 3.67. The van der Waals surface area contributed by atoms with Gasteiger partial charge in [-0.15, -0.1) is 0 Å². The first-order valence-corrected chi connectivity index (χ1v) is 7.26. The van der Waals surface area contributed by atoms with Crippen LogP contribution in [0.25, 0.3) is 0 Å². The van der Waals surface area contributed by atoms with Gasteiger partial charge in [-0.25, -0.2) is 4.98 Å². The first-order chi connectivity index (χ1) is 9.70. The maximum atomic E-state index is 11.7. The molecule has 110 valence electrons. The van der Waals surface area contributed by atoms with Crippen molar-refractivity contribution in [1.29, 1.82) is 0 Å². The molecule has 1 unspecified atom stereocenters. The molecule has 1 atom stereocenters. The number of amides is 1. The molecule has 0 aromatic carbocycles. The molecular weight excluding hydrogens is 254 g/mol. The van der Waals surface area contributed by atoms with Crippen molar-refractivity contribution in [2.45, 2.75) is 26.8 Å². The number of carbonyl (C=O) groups is 1. The maximum Gasteiger partial charge on any atom is 0.223 e. The Labute approximate surface area is 120 Å². The van der Waals surface area contributed by atoms with E-state index in [1.165, 1.54) is 0 Å². The Morgan fingerprint density at radius 1 is 1.45 bits per heavy atom. The summed E-state index contributed by atoms with van der Waals surface area (Å²) < 4.78 is 5.33. The van der Waals surface area contributed by atoms with Crippen molar-refractivity contribution < 1.29 is 9.53 Å². The van der Waals surface area contributed by atoms with Crippen LogP contribution in [0.3, 0.4) is 0 Å². The fraction of sp³-hybridized carbons (Fsp3) is 0.600. The highest BCUT2D eigenvalue weighted by Gasteiger charge is 2.12. The molecule has 0 spiro atoms. The van der Waals surface area contributed by atoms with E-state index < -0.39 is 0 Å². The molecule has 5 nitrogen and oxygen atoms in total. The summed E-state index contributed by atoms with van der Waals surface area (Å²) in [6, 6.07) is 4.03. The van der Waals surface area contributed by atoms with Crippen LogP contribution in [0.1, 0.15) is 25.8 Å². The van der Waals surface area contributed by atoms with Crippen LogP contribution < -0.4 is 10.2 Å². The lowest BCUT2D eigenvalue weighted by Crippen LogP contribution is -2.36. The van der Waals surface area contributed by atoms with Gasteiger partial charge in [-0.2, -0.15) is 0 Å². The Morgan fingerprint density at radius 3 is 2.80 bits per heavy atom. The lowest BCUT2D eigenvalue weighted by atomic mass is 10.1. The zero-order chi connectivity index (χ0) is 14.4. The van der Waals surface area contributed by atoms with Crippen molar-refractivity contribution in [3.8, 4) is 0 Å². The number of morpholine rings is 1. The first kappa shape index (κ1) is 14.8. The number of carbonyl (C=O) groups excluding carboxylic acids is 1. The van der Waals surface area contributed by atoms with E-state index in [0.29, 0.717) is 6.54 Å². The monoisotopic (exact) mass is 277 g/mol. The van der Waals surface area contributed by atoms with E-state index >= 15 is 0 Å². The van der Waals surface area contributed by atoms with Gasteiger partial charge >= 0.3 is 0 Å². The SMILES string of the molecule is CCC(C)C(=O)NCc1ccc(N2CCOCC2)nc1. The Kier molecular flexibility index (Phi) is 5.35. The molecule has 1 aromatic rings. The number of aromatic nitrogens is 1. The highest BCUT2D eigenvalue weighted by Crippen LogP contribution is 2.13. The highest BCUT2D eigenvalue weighted by molar-refractivity contribution is 5.78. The molecule has 0 aliphatic carbocycles. The second-order valence-corrected chi connectivity index (χ2v) is 5.15. The number of hydrogen-bond acceptors (Lipinski definition) is 4. The largest absolute Gasteiger partial charge is 0.378 e. The van der Waals surface area contributed by atoms with Gasteiger partial charge in [-0.3, -0.25) is 4.79 Å². The van der Waals surface area contributed by atoms with Crippen molar-refractivity contribution in [2.75, 3.05) is 31.2 Å². The van der Waals surface area contributed by atoms with E-state index in [-0.39, 0.29) is 11.8 Å². The third-order valence-electron chi connectivity index (χ3n) is 3.67. The van der Waals surface area contributed by atoms with E-state index in [4.69, 9.17) is 4.74 Å². The number of hydrogen-bond donors (Lipinski definition) is 1. The molecule has 1 amide bonds. The predicted octanol–water partition coefficient (Wildman–Crippen LogP) is 1.58. The minimum atomic E-state index is 0.0654. The van der Waals surface area contributed by atoms with Crippen LogP contribution in [0.2, 0.25) is 0 Å². The average Bonchev–Trinajstić information content (AvgIpc) is 2.53. The number of nitrogens with zero attached hydrogens (tertiary/aromatic N) is 2. The molecule has 1 aliphatic heterocycles. The molecular formula is C15H23N3O2. The third kappa shape index (κ3) is 3.93. The van der Waals surface area contributed by atoms with Crippen LogP contribution in [0.15, 0.2) is 18.3 Å². The van der Waals surface area contributed by atoms with Gasteiger partial charge in [0.1, 0.15) is 5.82 Å². The molecule has 1 saturated heterocycles.